The molecule has 0 aliphatic carbocycles. The SMILES string of the molecule is Cc1ccc(Sc2ncnc(Nc3ccc(Br)cc3F)c2N)cc1. The molecule has 1 aromatic heterocycles. The summed E-state index contributed by atoms with van der Waals surface area (Å²) in [5.41, 5.74) is 8.01. The molecule has 3 aromatic rings. The van der Waals surface area contributed by atoms with Crippen molar-refractivity contribution >= 4 is 44.9 Å². The molecular formula is C17H14BrFN4S. The van der Waals surface area contributed by atoms with E-state index in [-0.39, 0.29) is 0 Å². The Balaban J connectivity index is 1.86. The summed E-state index contributed by atoms with van der Waals surface area (Å²) in [6.07, 6.45) is 1.41. The molecule has 4 nitrogen and oxygen atoms in total. The Morgan fingerprint density at radius 1 is 1.12 bits per heavy atom. The lowest BCUT2D eigenvalue weighted by molar-refractivity contribution is 0.631. The van der Waals surface area contributed by atoms with Crippen LogP contribution in [0.5, 0.6) is 0 Å². The van der Waals surface area contributed by atoms with Crippen LogP contribution in [-0.4, -0.2) is 9.97 Å². The fraction of sp³-hybridized carbons (Fsp3) is 0.0588. The lowest BCUT2D eigenvalue weighted by atomic mass is 10.2. The predicted octanol–water partition coefficient (Wildman–Crippen LogP) is 5.16. The number of halogens is 2. The minimum atomic E-state index is -0.393. The first-order valence-corrected chi connectivity index (χ1v) is 8.71. The summed E-state index contributed by atoms with van der Waals surface area (Å²) in [5, 5.41) is 3.54. The molecule has 0 atom stereocenters. The highest BCUT2D eigenvalue weighted by Crippen LogP contribution is 2.34. The van der Waals surface area contributed by atoms with Crippen molar-refractivity contribution in [3.05, 3.63) is 64.6 Å². The second-order valence-corrected chi connectivity index (χ2v) is 7.08. The number of hydrogen-bond donors (Lipinski definition) is 2. The van der Waals surface area contributed by atoms with Gasteiger partial charge in [0.15, 0.2) is 5.82 Å². The molecule has 0 amide bonds. The Labute approximate surface area is 151 Å². The van der Waals surface area contributed by atoms with Gasteiger partial charge in [-0.1, -0.05) is 45.4 Å². The molecule has 3 N–H and O–H groups in total. The van der Waals surface area contributed by atoms with E-state index in [1.165, 1.54) is 29.7 Å². The molecule has 1 heterocycles. The Morgan fingerprint density at radius 3 is 2.58 bits per heavy atom. The lowest BCUT2D eigenvalue weighted by Gasteiger charge is -2.11. The fourth-order valence-corrected chi connectivity index (χ4v) is 3.13. The Kier molecular flexibility index (Phi) is 5.01. The summed E-state index contributed by atoms with van der Waals surface area (Å²) in [6.45, 7) is 2.03. The van der Waals surface area contributed by atoms with E-state index >= 15 is 0 Å². The summed E-state index contributed by atoms with van der Waals surface area (Å²) in [4.78, 5) is 9.36. The van der Waals surface area contributed by atoms with Crippen LogP contribution in [0.4, 0.5) is 21.6 Å². The Morgan fingerprint density at radius 2 is 1.88 bits per heavy atom. The van der Waals surface area contributed by atoms with E-state index in [0.29, 0.717) is 26.7 Å². The molecule has 0 saturated carbocycles. The van der Waals surface area contributed by atoms with Gasteiger partial charge in [-0.15, -0.1) is 0 Å². The highest BCUT2D eigenvalue weighted by atomic mass is 79.9. The van der Waals surface area contributed by atoms with Crippen molar-refractivity contribution in [2.75, 3.05) is 11.1 Å². The first kappa shape index (κ1) is 16.7. The second-order valence-electron chi connectivity index (χ2n) is 5.11. The molecule has 24 heavy (non-hydrogen) atoms. The molecule has 0 spiro atoms. The lowest BCUT2D eigenvalue weighted by Crippen LogP contribution is -2.03. The van der Waals surface area contributed by atoms with Crippen LogP contribution < -0.4 is 11.1 Å². The zero-order chi connectivity index (χ0) is 17.1. The number of anilines is 3. The average Bonchev–Trinajstić information content (AvgIpc) is 2.55. The maximum atomic E-state index is 14.0. The zero-order valence-electron chi connectivity index (χ0n) is 12.8. The van der Waals surface area contributed by atoms with Crippen molar-refractivity contribution in [3.63, 3.8) is 0 Å². The number of nitrogens with one attached hydrogen (secondary N) is 1. The van der Waals surface area contributed by atoms with Gasteiger partial charge < -0.3 is 11.1 Å². The number of nitrogens with two attached hydrogens (primary N) is 1. The minimum Gasteiger partial charge on any atom is -0.394 e. The first-order chi connectivity index (χ1) is 11.5. The van der Waals surface area contributed by atoms with Crippen LogP contribution in [0, 0.1) is 12.7 Å². The molecule has 122 valence electrons. The molecule has 0 fully saturated rings. The quantitative estimate of drug-likeness (QED) is 0.587. The van der Waals surface area contributed by atoms with Crippen LogP contribution in [0.3, 0.4) is 0 Å². The number of nitrogen functional groups attached to an aromatic ring is 1. The second kappa shape index (κ2) is 7.19. The fourth-order valence-electron chi connectivity index (χ4n) is 2.00. The van der Waals surface area contributed by atoms with Crippen molar-refractivity contribution in [2.45, 2.75) is 16.8 Å². The van der Waals surface area contributed by atoms with E-state index in [1.807, 2.05) is 31.2 Å². The highest BCUT2D eigenvalue weighted by Gasteiger charge is 2.12. The third kappa shape index (κ3) is 3.85. The molecular weight excluding hydrogens is 391 g/mol. The molecule has 0 aliphatic rings. The summed E-state index contributed by atoms with van der Waals surface area (Å²) in [6, 6.07) is 12.8. The van der Waals surface area contributed by atoms with Crippen molar-refractivity contribution in [2.24, 2.45) is 0 Å². The van der Waals surface area contributed by atoms with E-state index < -0.39 is 5.82 Å². The minimum absolute atomic E-state index is 0.301. The van der Waals surface area contributed by atoms with Crippen LogP contribution in [0.15, 0.2) is 63.2 Å². The van der Waals surface area contributed by atoms with Crippen LogP contribution in [-0.2, 0) is 0 Å². The van der Waals surface area contributed by atoms with Gasteiger partial charge in [0.25, 0.3) is 0 Å². The zero-order valence-corrected chi connectivity index (χ0v) is 15.2. The first-order valence-electron chi connectivity index (χ1n) is 7.10. The van der Waals surface area contributed by atoms with Crippen molar-refractivity contribution in [1.82, 2.24) is 9.97 Å². The predicted molar refractivity (Wildman–Crippen MR) is 99.1 cm³/mol. The standard InChI is InChI=1S/C17H14BrFN4S/c1-10-2-5-12(6-3-10)24-17-15(20)16(21-9-22-17)23-14-7-4-11(18)8-13(14)19/h2-9H,20H2,1H3,(H,21,22,23). The van der Waals surface area contributed by atoms with Crippen molar-refractivity contribution < 1.29 is 4.39 Å². The van der Waals surface area contributed by atoms with Crippen LogP contribution in [0.1, 0.15) is 5.56 Å². The third-order valence-corrected chi connectivity index (χ3v) is 4.79. The normalized spacial score (nSPS) is 10.6. The summed E-state index contributed by atoms with van der Waals surface area (Å²) < 4.78 is 14.6. The molecule has 0 saturated heterocycles. The monoisotopic (exact) mass is 404 g/mol. The van der Waals surface area contributed by atoms with Gasteiger partial charge in [-0.05, 0) is 37.3 Å². The summed E-state index contributed by atoms with van der Waals surface area (Å²) in [5.74, 6) is -0.0176. The van der Waals surface area contributed by atoms with Gasteiger partial charge in [0.2, 0.25) is 0 Å². The number of rotatable bonds is 4. The molecule has 0 unspecified atom stereocenters. The van der Waals surface area contributed by atoms with Crippen LogP contribution in [0.25, 0.3) is 0 Å². The number of aromatic nitrogens is 2. The number of nitrogens with zero attached hydrogens (tertiary/aromatic N) is 2. The molecule has 2 aromatic carbocycles. The van der Waals surface area contributed by atoms with Gasteiger partial charge in [0, 0.05) is 9.37 Å². The van der Waals surface area contributed by atoms with Gasteiger partial charge in [-0.3, -0.25) is 0 Å². The molecule has 3 rings (SSSR count). The van der Waals surface area contributed by atoms with Gasteiger partial charge in [-0.25, -0.2) is 14.4 Å². The number of benzene rings is 2. The molecule has 0 aliphatic heterocycles. The third-order valence-electron chi connectivity index (χ3n) is 3.27. The summed E-state index contributed by atoms with van der Waals surface area (Å²) in [7, 11) is 0. The number of hydrogen-bond acceptors (Lipinski definition) is 5. The molecule has 7 heteroatoms. The van der Waals surface area contributed by atoms with E-state index in [4.69, 9.17) is 5.73 Å². The van der Waals surface area contributed by atoms with Gasteiger partial charge in [0.1, 0.15) is 22.9 Å². The van der Waals surface area contributed by atoms with E-state index in [1.54, 1.807) is 12.1 Å². The van der Waals surface area contributed by atoms with E-state index in [0.717, 1.165) is 4.90 Å². The molecule has 0 radical (unpaired) electrons. The van der Waals surface area contributed by atoms with Crippen LogP contribution >= 0.6 is 27.7 Å². The average molecular weight is 405 g/mol. The molecule has 0 bridgehead atoms. The number of aryl methyl sites for hydroxylation is 1. The maximum Gasteiger partial charge on any atom is 0.158 e. The maximum absolute atomic E-state index is 14.0. The van der Waals surface area contributed by atoms with Gasteiger partial charge in [0.05, 0.1) is 5.69 Å². The van der Waals surface area contributed by atoms with Crippen molar-refractivity contribution in [3.8, 4) is 0 Å². The van der Waals surface area contributed by atoms with E-state index in [9.17, 15) is 4.39 Å². The largest absolute Gasteiger partial charge is 0.394 e. The van der Waals surface area contributed by atoms with Gasteiger partial charge >= 0.3 is 0 Å². The van der Waals surface area contributed by atoms with Crippen molar-refractivity contribution in [1.29, 1.82) is 0 Å². The van der Waals surface area contributed by atoms with E-state index in [2.05, 4.69) is 31.2 Å². The van der Waals surface area contributed by atoms with Crippen LogP contribution in [0.2, 0.25) is 0 Å². The van der Waals surface area contributed by atoms with Gasteiger partial charge in [-0.2, -0.15) is 0 Å². The Hall–Kier alpha value is -2.12. The smallest absolute Gasteiger partial charge is 0.158 e. The Bertz CT molecular complexity index is 871. The summed E-state index contributed by atoms with van der Waals surface area (Å²) >= 11 is 4.67. The topological polar surface area (TPSA) is 63.8 Å². The highest BCUT2D eigenvalue weighted by molar-refractivity contribution is 9.10.